The predicted molar refractivity (Wildman–Crippen MR) is 56.3 cm³/mol. The monoisotopic (exact) mass is 239 g/mol. The molecule has 0 bridgehead atoms. The third-order valence-corrected chi connectivity index (χ3v) is 2.78. The lowest BCUT2D eigenvalue weighted by Gasteiger charge is -1.97. The summed E-state index contributed by atoms with van der Waals surface area (Å²) in [6.07, 6.45) is 0. The highest BCUT2D eigenvalue weighted by molar-refractivity contribution is 9.10. The molecule has 1 heterocycles. The number of nitrogens with zero attached hydrogens (tertiary/aromatic N) is 2. The Morgan fingerprint density at radius 1 is 1.54 bits per heavy atom. The van der Waals surface area contributed by atoms with Crippen molar-refractivity contribution in [1.29, 1.82) is 0 Å². The Labute approximate surface area is 84.7 Å². The molecule has 0 saturated heterocycles. The topological polar surface area (TPSA) is 43.8 Å². The average molecular weight is 240 g/mol. The van der Waals surface area contributed by atoms with Crippen LogP contribution in [0.3, 0.4) is 0 Å². The Hall–Kier alpha value is -0.870. The molecule has 0 aliphatic rings. The summed E-state index contributed by atoms with van der Waals surface area (Å²) >= 11 is 3.46. The number of hydrogen-bond acceptors (Lipinski definition) is 2. The second-order valence-electron chi connectivity index (χ2n) is 2.90. The van der Waals surface area contributed by atoms with Crippen LogP contribution >= 0.6 is 15.9 Å². The van der Waals surface area contributed by atoms with Crippen LogP contribution in [0.1, 0.15) is 5.82 Å². The first-order valence-electron chi connectivity index (χ1n) is 4.04. The minimum atomic E-state index is 0.470. The largest absolute Gasteiger partial charge is 0.330 e. The number of aryl methyl sites for hydroxylation is 1. The van der Waals surface area contributed by atoms with Crippen molar-refractivity contribution in [3.05, 3.63) is 28.5 Å². The summed E-state index contributed by atoms with van der Waals surface area (Å²) in [5, 5.41) is 0. The first-order chi connectivity index (χ1) is 6.24. The number of halogens is 1. The maximum atomic E-state index is 5.57. The molecule has 0 unspecified atom stereocenters. The zero-order valence-corrected chi connectivity index (χ0v) is 8.87. The summed E-state index contributed by atoms with van der Waals surface area (Å²) in [4.78, 5) is 4.42. The van der Waals surface area contributed by atoms with E-state index in [9.17, 15) is 0 Å². The lowest BCUT2D eigenvalue weighted by atomic mass is 10.3. The standard InChI is InChI=1S/C9H10BrN3/c1-13-7-4-2-3-6(10)9(7)12-8(13)5-11/h2-4H,5,11H2,1H3. The van der Waals surface area contributed by atoms with E-state index in [0.717, 1.165) is 21.3 Å². The maximum absolute atomic E-state index is 5.57. The van der Waals surface area contributed by atoms with Gasteiger partial charge in [-0.25, -0.2) is 4.98 Å². The molecule has 2 rings (SSSR count). The van der Waals surface area contributed by atoms with Crippen LogP contribution in [0.15, 0.2) is 22.7 Å². The van der Waals surface area contributed by atoms with Crippen LogP contribution < -0.4 is 5.73 Å². The van der Waals surface area contributed by atoms with Crippen molar-refractivity contribution >= 4 is 27.0 Å². The maximum Gasteiger partial charge on any atom is 0.123 e. The lowest BCUT2D eigenvalue weighted by Crippen LogP contribution is -2.04. The van der Waals surface area contributed by atoms with E-state index < -0.39 is 0 Å². The number of nitrogens with two attached hydrogens (primary N) is 1. The number of benzene rings is 1. The first kappa shape index (κ1) is 8.72. The molecule has 0 aliphatic carbocycles. The summed E-state index contributed by atoms with van der Waals surface area (Å²) in [6, 6.07) is 6.01. The van der Waals surface area contributed by atoms with Gasteiger partial charge in [-0.2, -0.15) is 0 Å². The van der Waals surface area contributed by atoms with Gasteiger partial charge in [0.25, 0.3) is 0 Å². The zero-order valence-electron chi connectivity index (χ0n) is 7.29. The molecule has 2 N–H and O–H groups in total. The van der Waals surface area contributed by atoms with E-state index in [2.05, 4.69) is 20.9 Å². The van der Waals surface area contributed by atoms with Crippen LogP contribution in [0.25, 0.3) is 11.0 Å². The van der Waals surface area contributed by atoms with Crippen molar-refractivity contribution < 1.29 is 0 Å². The van der Waals surface area contributed by atoms with Crippen molar-refractivity contribution in [2.24, 2.45) is 12.8 Å². The molecule has 0 aliphatic heterocycles. The van der Waals surface area contributed by atoms with E-state index in [-0.39, 0.29) is 0 Å². The normalized spacial score (nSPS) is 11.0. The molecule has 3 nitrogen and oxygen atoms in total. The smallest absolute Gasteiger partial charge is 0.123 e. The summed E-state index contributed by atoms with van der Waals surface area (Å²) in [7, 11) is 1.98. The Bertz CT molecular complexity index is 447. The van der Waals surface area contributed by atoms with Gasteiger partial charge in [0, 0.05) is 11.5 Å². The molecule has 4 heteroatoms. The fraction of sp³-hybridized carbons (Fsp3) is 0.222. The van der Waals surface area contributed by atoms with Gasteiger partial charge >= 0.3 is 0 Å². The van der Waals surface area contributed by atoms with Gasteiger partial charge in [-0.05, 0) is 28.1 Å². The molecule has 0 radical (unpaired) electrons. The van der Waals surface area contributed by atoms with Crippen LogP contribution in [-0.4, -0.2) is 9.55 Å². The van der Waals surface area contributed by atoms with Gasteiger partial charge in [-0.3, -0.25) is 0 Å². The van der Waals surface area contributed by atoms with E-state index in [1.54, 1.807) is 0 Å². The highest BCUT2D eigenvalue weighted by Crippen LogP contribution is 2.23. The van der Waals surface area contributed by atoms with Gasteiger partial charge in [0.15, 0.2) is 0 Å². The van der Waals surface area contributed by atoms with Crippen LogP contribution in [0.4, 0.5) is 0 Å². The number of fused-ring (bicyclic) bond motifs is 1. The molecule has 1 aromatic heterocycles. The van der Waals surface area contributed by atoms with E-state index in [1.165, 1.54) is 0 Å². The fourth-order valence-electron chi connectivity index (χ4n) is 1.41. The third kappa shape index (κ3) is 1.26. The van der Waals surface area contributed by atoms with Gasteiger partial charge in [0.1, 0.15) is 11.3 Å². The third-order valence-electron chi connectivity index (χ3n) is 2.14. The lowest BCUT2D eigenvalue weighted by molar-refractivity contribution is 0.813. The quantitative estimate of drug-likeness (QED) is 0.825. The molecule has 2 aromatic rings. The van der Waals surface area contributed by atoms with Crippen molar-refractivity contribution in [3.8, 4) is 0 Å². The Morgan fingerprint density at radius 2 is 2.31 bits per heavy atom. The zero-order chi connectivity index (χ0) is 9.42. The SMILES string of the molecule is Cn1c(CN)nc2c(Br)cccc21. The number of imidazole rings is 1. The van der Waals surface area contributed by atoms with E-state index in [1.807, 2.05) is 29.8 Å². The van der Waals surface area contributed by atoms with E-state index in [4.69, 9.17) is 5.73 Å². The summed E-state index contributed by atoms with van der Waals surface area (Å²) < 4.78 is 3.03. The number of aromatic nitrogens is 2. The second-order valence-corrected chi connectivity index (χ2v) is 3.75. The molecule has 0 fully saturated rings. The van der Waals surface area contributed by atoms with Crippen molar-refractivity contribution in [1.82, 2.24) is 9.55 Å². The highest BCUT2D eigenvalue weighted by Gasteiger charge is 2.07. The van der Waals surface area contributed by atoms with Gasteiger partial charge in [0.05, 0.1) is 12.1 Å². The Balaban J connectivity index is 2.83. The fourth-order valence-corrected chi connectivity index (χ4v) is 1.86. The molecular formula is C9H10BrN3. The summed E-state index contributed by atoms with van der Waals surface area (Å²) in [5.74, 6) is 0.905. The number of hydrogen-bond donors (Lipinski definition) is 1. The van der Waals surface area contributed by atoms with Crippen molar-refractivity contribution in [2.45, 2.75) is 6.54 Å². The highest BCUT2D eigenvalue weighted by atomic mass is 79.9. The average Bonchev–Trinajstić information content (AvgIpc) is 2.45. The predicted octanol–water partition coefficient (Wildman–Crippen LogP) is 1.79. The van der Waals surface area contributed by atoms with Gasteiger partial charge in [-0.15, -0.1) is 0 Å². The van der Waals surface area contributed by atoms with Gasteiger partial charge in [0.2, 0.25) is 0 Å². The minimum Gasteiger partial charge on any atom is -0.330 e. The molecule has 0 amide bonds. The molecule has 68 valence electrons. The first-order valence-corrected chi connectivity index (χ1v) is 4.83. The number of rotatable bonds is 1. The van der Waals surface area contributed by atoms with E-state index >= 15 is 0 Å². The molecule has 0 saturated carbocycles. The summed E-state index contributed by atoms with van der Waals surface area (Å²) in [5.41, 5.74) is 7.65. The molecular weight excluding hydrogens is 230 g/mol. The second kappa shape index (κ2) is 3.12. The van der Waals surface area contributed by atoms with Crippen LogP contribution in [0.5, 0.6) is 0 Å². The van der Waals surface area contributed by atoms with Crippen molar-refractivity contribution in [3.63, 3.8) is 0 Å². The Kier molecular flexibility index (Phi) is 2.09. The van der Waals surface area contributed by atoms with Gasteiger partial charge in [-0.1, -0.05) is 6.07 Å². The minimum absolute atomic E-state index is 0.470. The summed E-state index contributed by atoms with van der Waals surface area (Å²) in [6.45, 7) is 0.470. The van der Waals surface area contributed by atoms with Gasteiger partial charge < -0.3 is 10.3 Å². The molecule has 1 aromatic carbocycles. The molecule has 0 spiro atoms. The van der Waals surface area contributed by atoms with Crippen molar-refractivity contribution in [2.75, 3.05) is 0 Å². The number of para-hydroxylation sites is 1. The van der Waals surface area contributed by atoms with Crippen LogP contribution in [-0.2, 0) is 13.6 Å². The molecule has 0 atom stereocenters. The van der Waals surface area contributed by atoms with E-state index in [0.29, 0.717) is 6.54 Å². The molecule has 13 heavy (non-hydrogen) atoms. The Morgan fingerprint density at radius 3 is 2.92 bits per heavy atom. The van der Waals surface area contributed by atoms with Crippen LogP contribution in [0.2, 0.25) is 0 Å². The van der Waals surface area contributed by atoms with Crippen LogP contribution in [0, 0.1) is 0 Å².